The van der Waals surface area contributed by atoms with Gasteiger partial charge in [0.1, 0.15) is 5.82 Å². The molecule has 11 heteroatoms. The zero-order valence-electron chi connectivity index (χ0n) is 20.5. The number of nitrogens with zero attached hydrogens (tertiary/aromatic N) is 5. The number of aromatic nitrogens is 4. The predicted octanol–water partition coefficient (Wildman–Crippen LogP) is 5.46. The van der Waals surface area contributed by atoms with Crippen molar-refractivity contribution in [1.29, 1.82) is 0 Å². The molecule has 4 fully saturated rings. The molecule has 4 saturated carbocycles. The van der Waals surface area contributed by atoms with Gasteiger partial charge >= 0.3 is 5.82 Å². The Bertz CT molecular complexity index is 1390. The first-order valence-corrected chi connectivity index (χ1v) is 13.0. The first kappa shape index (κ1) is 24.1. The smallest absolute Gasteiger partial charge is 0.358 e. The van der Waals surface area contributed by atoms with Crippen LogP contribution in [0.3, 0.4) is 0 Å². The molecule has 0 saturated heterocycles. The topological polar surface area (TPSA) is 108 Å². The standard InChI is InChI=1S/C26H28ClFN6O3/c1-16-23(27)24(34(36)37)31-33(16)26-9-17-6-18(10-26)8-25(7-17,15-26)11-22(35)30-20-12-29-32(14-20)13-19-4-2-3-5-21(19)28/h2-5,12,14,17-18H,6-11,13,15H2,1H3,(H,30,35). The molecule has 1 amide bonds. The summed E-state index contributed by atoms with van der Waals surface area (Å²) in [5, 5.41) is 23.2. The Hall–Kier alpha value is -3.27. The van der Waals surface area contributed by atoms with E-state index in [1.807, 2.05) is 4.68 Å². The number of hydrogen-bond donors (Lipinski definition) is 1. The Labute approximate surface area is 218 Å². The summed E-state index contributed by atoms with van der Waals surface area (Å²) in [4.78, 5) is 24.2. The van der Waals surface area contributed by atoms with Gasteiger partial charge in [-0.2, -0.15) is 9.78 Å². The summed E-state index contributed by atoms with van der Waals surface area (Å²) in [6.45, 7) is 2.07. The summed E-state index contributed by atoms with van der Waals surface area (Å²) in [5.74, 6) is 0.245. The first-order valence-electron chi connectivity index (χ1n) is 12.6. The fourth-order valence-corrected chi connectivity index (χ4v) is 7.95. The Morgan fingerprint density at radius 3 is 2.68 bits per heavy atom. The Morgan fingerprint density at radius 1 is 1.27 bits per heavy atom. The second kappa shape index (κ2) is 8.65. The minimum atomic E-state index is -0.526. The molecular formula is C26H28ClFN6O3. The van der Waals surface area contributed by atoms with Crippen LogP contribution in [0.5, 0.6) is 0 Å². The molecule has 37 heavy (non-hydrogen) atoms. The number of carbonyl (C=O) groups is 1. The van der Waals surface area contributed by atoms with Crippen LogP contribution >= 0.6 is 11.6 Å². The highest BCUT2D eigenvalue weighted by Gasteiger charge is 2.60. The molecule has 4 bridgehead atoms. The Morgan fingerprint density at radius 2 is 2.00 bits per heavy atom. The monoisotopic (exact) mass is 526 g/mol. The summed E-state index contributed by atoms with van der Waals surface area (Å²) < 4.78 is 17.4. The maximum atomic E-state index is 14.0. The lowest BCUT2D eigenvalue weighted by Gasteiger charge is -2.61. The van der Waals surface area contributed by atoms with Gasteiger partial charge in [-0.15, -0.1) is 0 Å². The lowest BCUT2D eigenvalue weighted by molar-refractivity contribution is -0.389. The third-order valence-corrected chi connectivity index (χ3v) is 8.99. The molecule has 194 valence electrons. The number of anilines is 1. The van der Waals surface area contributed by atoms with Gasteiger partial charge in [0.25, 0.3) is 0 Å². The lowest BCUT2D eigenvalue weighted by Crippen LogP contribution is -2.57. The van der Waals surface area contributed by atoms with Crippen LogP contribution in [-0.2, 0) is 16.9 Å². The van der Waals surface area contributed by atoms with E-state index < -0.39 is 4.92 Å². The molecule has 2 unspecified atom stereocenters. The van der Waals surface area contributed by atoms with Crippen LogP contribution in [0.15, 0.2) is 36.7 Å². The largest absolute Gasteiger partial charge is 0.408 e. The van der Waals surface area contributed by atoms with Crippen LogP contribution in [0.1, 0.15) is 56.2 Å². The fourth-order valence-electron chi connectivity index (χ4n) is 7.76. The highest BCUT2D eigenvalue weighted by molar-refractivity contribution is 6.33. The number of benzene rings is 1. The van der Waals surface area contributed by atoms with Crippen molar-refractivity contribution in [2.75, 3.05) is 5.32 Å². The minimum Gasteiger partial charge on any atom is -0.358 e. The quantitative estimate of drug-likeness (QED) is 0.325. The summed E-state index contributed by atoms with van der Waals surface area (Å²) in [6, 6.07) is 6.54. The second-order valence-corrected chi connectivity index (χ2v) is 11.7. The fraction of sp³-hybridized carbons (Fsp3) is 0.500. The third-order valence-electron chi connectivity index (χ3n) is 8.54. The van der Waals surface area contributed by atoms with E-state index in [1.165, 1.54) is 6.07 Å². The highest BCUT2D eigenvalue weighted by Crippen LogP contribution is 2.65. The van der Waals surface area contributed by atoms with E-state index >= 15 is 0 Å². The molecule has 0 spiro atoms. The van der Waals surface area contributed by atoms with Crippen molar-refractivity contribution < 1.29 is 14.1 Å². The molecule has 3 aromatic rings. The number of nitrogens with one attached hydrogen (secondary N) is 1. The molecule has 0 aliphatic heterocycles. The van der Waals surface area contributed by atoms with E-state index in [0.29, 0.717) is 35.2 Å². The summed E-state index contributed by atoms with van der Waals surface area (Å²) >= 11 is 6.30. The number of rotatable bonds is 7. The third kappa shape index (κ3) is 4.21. The summed E-state index contributed by atoms with van der Waals surface area (Å²) in [7, 11) is 0. The van der Waals surface area contributed by atoms with Crippen molar-refractivity contribution in [2.45, 2.75) is 64.0 Å². The lowest BCUT2D eigenvalue weighted by atomic mass is 9.46. The van der Waals surface area contributed by atoms with Gasteiger partial charge in [-0.25, -0.2) is 4.39 Å². The molecule has 0 radical (unpaired) electrons. The van der Waals surface area contributed by atoms with E-state index in [9.17, 15) is 19.3 Å². The van der Waals surface area contributed by atoms with Gasteiger partial charge in [-0.1, -0.05) is 29.8 Å². The molecule has 1 N–H and O–H groups in total. The average Bonchev–Trinajstić information content (AvgIpc) is 3.38. The van der Waals surface area contributed by atoms with Crippen molar-refractivity contribution in [3.05, 3.63) is 68.9 Å². The van der Waals surface area contributed by atoms with Gasteiger partial charge in [-0.05, 0) is 73.7 Å². The number of carbonyl (C=O) groups excluding carboxylic acids is 1. The molecule has 4 aliphatic carbocycles. The van der Waals surface area contributed by atoms with Crippen LogP contribution in [0, 0.1) is 40.1 Å². The van der Waals surface area contributed by atoms with Crippen molar-refractivity contribution in [2.24, 2.45) is 17.3 Å². The van der Waals surface area contributed by atoms with Crippen molar-refractivity contribution >= 4 is 29.0 Å². The van der Waals surface area contributed by atoms with E-state index in [4.69, 9.17) is 11.6 Å². The van der Waals surface area contributed by atoms with Gasteiger partial charge in [0.2, 0.25) is 5.91 Å². The second-order valence-electron chi connectivity index (χ2n) is 11.3. The first-order chi connectivity index (χ1) is 17.7. The average molecular weight is 527 g/mol. The highest BCUT2D eigenvalue weighted by atomic mass is 35.5. The van der Waals surface area contributed by atoms with Gasteiger partial charge in [-0.3, -0.25) is 9.48 Å². The number of amides is 1. The number of halogens is 2. The molecular weight excluding hydrogens is 499 g/mol. The summed E-state index contributed by atoms with van der Waals surface area (Å²) in [5.41, 5.74) is 1.19. The molecule has 2 aromatic heterocycles. The zero-order valence-corrected chi connectivity index (χ0v) is 21.2. The Kier molecular flexibility index (Phi) is 5.63. The molecule has 1 aromatic carbocycles. The van der Waals surface area contributed by atoms with Gasteiger partial charge in [0.15, 0.2) is 5.02 Å². The maximum Gasteiger partial charge on any atom is 0.408 e. The van der Waals surface area contributed by atoms with E-state index in [1.54, 1.807) is 42.2 Å². The molecule has 2 heterocycles. The summed E-state index contributed by atoms with van der Waals surface area (Å²) in [6.07, 6.45) is 9.30. The van der Waals surface area contributed by atoms with E-state index in [0.717, 1.165) is 38.5 Å². The number of hydrogen-bond acceptors (Lipinski definition) is 5. The minimum absolute atomic E-state index is 0.0799. The van der Waals surface area contributed by atoms with E-state index in [-0.39, 0.29) is 40.1 Å². The van der Waals surface area contributed by atoms with Crippen molar-refractivity contribution in [1.82, 2.24) is 19.6 Å². The molecule has 4 aliphatic rings. The van der Waals surface area contributed by atoms with Crippen LogP contribution in [0.2, 0.25) is 5.02 Å². The van der Waals surface area contributed by atoms with Crippen LogP contribution in [0.25, 0.3) is 0 Å². The van der Waals surface area contributed by atoms with Crippen molar-refractivity contribution in [3.8, 4) is 0 Å². The molecule has 2 atom stereocenters. The maximum absolute atomic E-state index is 14.0. The molecule has 9 nitrogen and oxygen atoms in total. The zero-order chi connectivity index (χ0) is 25.9. The predicted molar refractivity (Wildman–Crippen MR) is 135 cm³/mol. The van der Waals surface area contributed by atoms with Crippen LogP contribution in [-0.4, -0.2) is 30.4 Å². The van der Waals surface area contributed by atoms with E-state index in [2.05, 4.69) is 15.5 Å². The van der Waals surface area contributed by atoms with Gasteiger partial charge in [0, 0.05) is 18.2 Å². The normalized spacial score (nSPS) is 28.0. The Balaban J connectivity index is 1.19. The van der Waals surface area contributed by atoms with Crippen molar-refractivity contribution in [3.63, 3.8) is 0 Å². The van der Waals surface area contributed by atoms with Gasteiger partial charge in [0.05, 0.1) is 34.8 Å². The van der Waals surface area contributed by atoms with Crippen LogP contribution in [0.4, 0.5) is 15.9 Å². The number of nitro groups is 1. The molecule has 7 rings (SSSR count). The van der Waals surface area contributed by atoms with Crippen LogP contribution < -0.4 is 5.32 Å². The van der Waals surface area contributed by atoms with Gasteiger partial charge < -0.3 is 15.4 Å². The SMILES string of the molecule is Cc1c(Cl)c([N+](=O)[O-])nn1C12CC3CC(CC(CC(=O)Nc4cnn(Cc5ccccc5F)c4)(C3)C1)C2.